The normalized spacial score (nSPS) is 18.1. The van der Waals surface area contributed by atoms with Gasteiger partial charge < -0.3 is 0 Å². The Morgan fingerprint density at radius 1 is 0.765 bits per heavy atom. The lowest BCUT2D eigenvalue weighted by atomic mass is 9.78. The number of fused-ring (bicyclic) bond motifs is 1. The van der Waals surface area contributed by atoms with Crippen LogP contribution in [-0.4, -0.2) is 0 Å². The highest BCUT2D eigenvalue weighted by Crippen LogP contribution is 2.38. The van der Waals surface area contributed by atoms with E-state index in [-0.39, 0.29) is 22.8 Å². The molecule has 0 unspecified atom stereocenters. The Hall–Kier alpha value is -2.94. The van der Waals surface area contributed by atoms with Crippen molar-refractivity contribution in [2.45, 2.75) is 57.8 Å². The minimum Gasteiger partial charge on any atom is -0.206 e. The minimum atomic E-state index is -1.69. The summed E-state index contributed by atoms with van der Waals surface area (Å²) in [5, 5.41) is -0.589. The number of rotatable bonds is 4. The number of hydrogen-bond donors (Lipinski definition) is 0. The Morgan fingerprint density at radius 2 is 1.44 bits per heavy atom. The number of halogens is 6. The molecule has 0 heterocycles. The van der Waals surface area contributed by atoms with Crippen LogP contribution in [0, 0.1) is 52.7 Å². The first-order valence-electron chi connectivity index (χ1n) is 11.5. The Kier molecular flexibility index (Phi) is 7.21. The van der Waals surface area contributed by atoms with Gasteiger partial charge in [0.15, 0.2) is 17.5 Å². The van der Waals surface area contributed by atoms with Crippen LogP contribution >= 0.6 is 0 Å². The number of benzene rings is 3. The van der Waals surface area contributed by atoms with Crippen LogP contribution in [0.5, 0.6) is 0 Å². The Morgan fingerprint density at radius 3 is 2.09 bits per heavy atom. The largest absolute Gasteiger partial charge is 0.206 e. The standard InChI is InChI=1S/C28H24F6/c1-2-3-4-17-11-22(29)21(23(30)12-17)10-7-16-5-8-18(9-6-16)19-13-20-15-25(32)27(33)28(34)26(20)24(31)14-19/h11-16,18H,2-6,8-9H2,1H3. The lowest BCUT2D eigenvalue weighted by Gasteiger charge is -2.26. The second-order valence-corrected chi connectivity index (χ2v) is 8.94. The Balaban J connectivity index is 1.47. The van der Waals surface area contributed by atoms with Crippen molar-refractivity contribution in [2.24, 2.45) is 5.92 Å². The fraction of sp³-hybridized carbons (Fsp3) is 0.357. The van der Waals surface area contributed by atoms with Crippen LogP contribution in [-0.2, 0) is 6.42 Å². The average molecular weight is 474 g/mol. The number of aryl methyl sites for hydroxylation is 1. The summed E-state index contributed by atoms with van der Waals surface area (Å²) in [7, 11) is 0. The van der Waals surface area contributed by atoms with Gasteiger partial charge in [0, 0.05) is 5.92 Å². The molecular weight excluding hydrogens is 450 g/mol. The van der Waals surface area contributed by atoms with Crippen molar-refractivity contribution in [1.29, 1.82) is 0 Å². The van der Waals surface area contributed by atoms with E-state index in [2.05, 4.69) is 11.8 Å². The molecule has 0 aliphatic heterocycles. The van der Waals surface area contributed by atoms with Gasteiger partial charge in [0.2, 0.25) is 0 Å². The maximum Gasteiger partial charge on any atom is 0.195 e. The van der Waals surface area contributed by atoms with Crippen LogP contribution in [0.15, 0.2) is 30.3 Å². The van der Waals surface area contributed by atoms with Crippen LogP contribution in [0.3, 0.4) is 0 Å². The SMILES string of the molecule is CCCCc1cc(F)c(C#CC2CCC(c3cc(F)c4c(F)c(F)c(F)cc4c3)CC2)c(F)c1. The van der Waals surface area contributed by atoms with Gasteiger partial charge in [0.05, 0.1) is 10.9 Å². The molecule has 0 atom stereocenters. The highest BCUT2D eigenvalue weighted by Gasteiger charge is 2.24. The molecule has 0 saturated heterocycles. The van der Waals surface area contributed by atoms with Gasteiger partial charge in [-0.1, -0.05) is 31.3 Å². The highest BCUT2D eigenvalue weighted by molar-refractivity contribution is 5.84. The van der Waals surface area contributed by atoms with Crippen LogP contribution in [0.25, 0.3) is 10.8 Å². The summed E-state index contributed by atoms with van der Waals surface area (Å²) in [6.07, 6.45) is 4.96. The fourth-order valence-electron chi connectivity index (χ4n) is 4.66. The first-order chi connectivity index (χ1) is 16.3. The molecule has 0 bridgehead atoms. The van der Waals surface area contributed by atoms with Gasteiger partial charge in [-0.2, -0.15) is 0 Å². The Labute approximate surface area is 195 Å². The van der Waals surface area contributed by atoms with E-state index in [1.165, 1.54) is 24.3 Å². The second-order valence-electron chi connectivity index (χ2n) is 8.94. The molecular formula is C28H24F6. The van der Waals surface area contributed by atoms with Crippen molar-refractivity contribution in [3.8, 4) is 11.8 Å². The number of unbranched alkanes of at least 4 members (excludes halogenated alkanes) is 1. The lowest BCUT2D eigenvalue weighted by Crippen LogP contribution is -2.12. The monoisotopic (exact) mass is 474 g/mol. The number of hydrogen-bond acceptors (Lipinski definition) is 0. The maximum absolute atomic E-state index is 14.5. The summed E-state index contributed by atoms with van der Waals surface area (Å²) in [5.41, 5.74) is 0.977. The van der Waals surface area contributed by atoms with Crippen molar-refractivity contribution >= 4 is 10.8 Å². The molecule has 0 radical (unpaired) electrons. The summed E-state index contributed by atoms with van der Waals surface area (Å²) in [6.45, 7) is 2.01. The predicted molar refractivity (Wildman–Crippen MR) is 120 cm³/mol. The smallest absolute Gasteiger partial charge is 0.195 e. The summed E-state index contributed by atoms with van der Waals surface area (Å²) in [6, 6.07) is 6.14. The molecule has 3 aromatic rings. The van der Waals surface area contributed by atoms with Gasteiger partial charge in [-0.3, -0.25) is 0 Å². The molecule has 6 heteroatoms. The highest BCUT2D eigenvalue weighted by atomic mass is 19.2. The third kappa shape index (κ3) is 4.94. The molecule has 1 aliphatic carbocycles. The quantitative estimate of drug-likeness (QED) is 0.203. The summed E-state index contributed by atoms with van der Waals surface area (Å²) in [5.74, 6) is -1.32. The molecule has 1 saturated carbocycles. The predicted octanol–water partition coefficient (Wildman–Crippen LogP) is 8.34. The van der Waals surface area contributed by atoms with E-state index < -0.39 is 40.3 Å². The van der Waals surface area contributed by atoms with Crippen LogP contribution in [0.2, 0.25) is 0 Å². The maximum atomic E-state index is 14.5. The topological polar surface area (TPSA) is 0 Å². The fourth-order valence-corrected chi connectivity index (χ4v) is 4.66. The minimum absolute atomic E-state index is 0.0263. The van der Waals surface area contributed by atoms with Gasteiger partial charge in [-0.25, -0.2) is 26.3 Å². The van der Waals surface area contributed by atoms with Crippen molar-refractivity contribution < 1.29 is 26.3 Å². The van der Waals surface area contributed by atoms with Gasteiger partial charge in [-0.15, -0.1) is 0 Å². The average Bonchev–Trinajstić information content (AvgIpc) is 2.80. The third-order valence-electron chi connectivity index (χ3n) is 6.57. The van der Waals surface area contributed by atoms with Gasteiger partial charge >= 0.3 is 0 Å². The zero-order chi connectivity index (χ0) is 24.4. The Bertz CT molecular complexity index is 1250. The zero-order valence-corrected chi connectivity index (χ0v) is 18.8. The molecule has 0 N–H and O–H groups in total. The second kappa shape index (κ2) is 10.1. The van der Waals surface area contributed by atoms with Gasteiger partial charge in [-0.05, 0) is 85.2 Å². The van der Waals surface area contributed by atoms with E-state index in [9.17, 15) is 26.3 Å². The van der Waals surface area contributed by atoms with E-state index >= 15 is 0 Å². The first kappa shape index (κ1) is 24.2. The van der Waals surface area contributed by atoms with E-state index in [4.69, 9.17) is 0 Å². The van der Waals surface area contributed by atoms with Gasteiger partial charge in [0.1, 0.15) is 17.5 Å². The van der Waals surface area contributed by atoms with Crippen molar-refractivity contribution in [1.82, 2.24) is 0 Å². The molecule has 0 aromatic heterocycles. The molecule has 1 aliphatic rings. The van der Waals surface area contributed by atoms with Crippen molar-refractivity contribution in [2.75, 3.05) is 0 Å². The van der Waals surface area contributed by atoms with Crippen LogP contribution in [0.1, 0.15) is 68.1 Å². The molecule has 0 spiro atoms. The lowest BCUT2D eigenvalue weighted by molar-refractivity contribution is 0.384. The first-order valence-corrected chi connectivity index (χ1v) is 11.5. The van der Waals surface area contributed by atoms with Crippen LogP contribution < -0.4 is 0 Å². The zero-order valence-electron chi connectivity index (χ0n) is 18.8. The van der Waals surface area contributed by atoms with E-state index in [0.717, 1.165) is 18.9 Å². The van der Waals surface area contributed by atoms with E-state index in [1.807, 2.05) is 6.92 Å². The van der Waals surface area contributed by atoms with Crippen LogP contribution in [0.4, 0.5) is 26.3 Å². The van der Waals surface area contributed by atoms with Gasteiger partial charge in [0.25, 0.3) is 0 Å². The molecule has 4 rings (SSSR count). The van der Waals surface area contributed by atoms with E-state index in [1.54, 1.807) is 0 Å². The third-order valence-corrected chi connectivity index (χ3v) is 6.57. The molecule has 3 aromatic carbocycles. The molecule has 178 valence electrons. The summed E-state index contributed by atoms with van der Waals surface area (Å²) in [4.78, 5) is 0. The summed E-state index contributed by atoms with van der Waals surface area (Å²) < 4.78 is 84.3. The van der Waals surface area contributed by atoms with Crippen molar-refractivity contribution in [3.63, 3.8) is 0 Å². The molecule has 34 heavy (non-hydrogen) atoms. The summed E-state index contributed by atoms with van der Waals surface area (Å²) >= 11 is 0. The molecule has 1 fully saturated rings. The molecule has 0 nitrogen and oxygen atoms in total. The molecule has 0 amide bonds. The van der Waals surface area contributed by atoms with Crippen molar-refractivity contribution in [3.05, 3.63) is 81.9 Å². The van der Waals surface area contributed by atoms with E-state index in [0.29, 0.717) is 43.2 Å².